The Hall–Kier alpha value is -4.01. The van der Waals surface area contributed by atoms with Crippen molar-refractivity contribution in [3.8, 4) is 0 Å². The number of nitrogens with zero attached hydrogens (tertiary/aromatic N) is 3. The summed E-state index contributed by atoms with van der Waals surface area (Å²) in [5.74, 6) is -0.438. The monoisotopic (exact) mass is 839 g/mol. The van der Waals surface area contributed by atoms with Gasteiger partial charge in [-0.2, -0.15) is 13.2 Å². The third-order valence-electron chi connectivity index (χ3n) is 10.4. The predicted octanol–water partition coefficient (Wildman–Crippen LogP) is 9.15. The molecule has 6 rings (SSSR count). The first-order chi connectivity index (χ1) is 27.2. The van der Waals surface area contributed by atoms with Crippen molar-refractivity contribution < 1.29 is 26.4 Å². The van der Waals surface area contributed by atoms with Crippen molar-refractivity contribution in [2.75, 3.05) is 69.3 Å². The highest BCUT2D eigenvalue weighted by molar-refractivity contribution is 7.99. The van der Waals surface area contributed by atoms with Crippen molar-refractivity contribution in [2.24, 2.45) is 0 Å². The summed E-state index contributed by atoms with van der Waals surface area (Å²) in [6, 6.07) is 26.7. The summed E-state index contributed by atoms with van der Waals surface area (Å²) in [6.07, 6.45) is 0.247. The van der Waals surface area contributed by atoms with E-state index in [1.807, 2.05) is 66.2 Å². The first-order valence-corrected chi connectivity index (χ1v) is 22.0. The zero-order chi connectivity index (χ0) is 40.6. The highest BCUT2D eigenvalue weighted by Crippen LogP contribution is 2.38. The quantitative estimate of drug-likeness (QED) is 0.115. The summed E-state index contributed by atoms with van der Waals surface area (Å²) in [6.45, 7) is 4.88. The second kappa shape index (κ2) is 19.2. The van der Waals surface area contributed by atoms with E-state index in [0.717, 1.165) is 73.3 Å². The van der Waals surface area contributed by atoms with Gasteiger partial charge in [0.25, 0.3) is 15.9 Å². The fourth-order valence-electron chi connectivity index (χ4n) is 7.24. The molecule has 0 radical (unpaired) electrons. The Kier molecular flexibility index (Phi) is 14.3. The lowest BCUT2D eigenvalue weighted by molar-refractivity contribution is -0.137. The largest absolute Gasteiger partial charge is 0.418 e. The molecule has 14 heteroatoms. The van der Waals surface area contributed by atoms with Crippen molar-refractivity contribution in [3.63, 3.8) is 0 Å². The fourth-order valence-corrected chi connectivity index (χ4v) is 9.35. The molecule has 1 heterocycles. The minimum atomic E-state index is -4.86. The number of carbonyl (C=O) groups is 1. The molecule has 0 aromatic heterocycles. The van der Waals surface area contributed by atoms with Crippen LogP contribution in [0.4, 0.5) is 24.5 Å². The number of amides is 1. The van der Waals surface area contributed by atoms with Crippen LogP contribution in [0.2, 0.25) is 5.02 Å². The smallest absolute Gasteiger partial charge is 0.381 e. The Labute approximate surface area is 343 Å². The van der Waals surface area contributed by atoms with Gasteiger partial charge in [0.2, 0.25) is 0 Å². The first-order valence-electron chi connectivity index (χ1n) is 19.2. The van der Waals surface area contributed by atoms with Crippen LogP contribution in [0.15, 0.2) is 112 Å². The van der Waals surface area contributed by atoms with Crippen LogP contribution >= 0.6 is 23.4 Å². The van der Waals surface area contributed by atoms with Gasteiger partial charge < -0.3 is 15.1 Å². The second-order valence-electron chi connectivity index (χ2n) is 14.8. The molecule has 2 N–H and O–H groups in total. The van der Waals surface area contributed by atoms with Crippen molar-refractivity contribution in [2.45, 2.75) is 54.1 Å². The molecule has 1 aliphatic heterocycles. The van der Waals surface area contributed by atoms with Crippen LogP contribution in [0.5, 0.6) is 0 Å². The number of hydrogen-bond acceptors (Lipinski definition) is 8. The molecule has 0 spiro atoms. The van der Waals surface area contributed by atoms with Crippen molar-refractivity contribution in [1.82, 2.24) is 14.5 Å². The highest BCUT2D eigenvalue weighted by atomic mass is 35.5. The summed E-state index contributed by atoms with van der Waals surface area (Å²) in [7, 11) is -0.857. The third kappa shape index (κ3) is 11.8. The number of rotatable bonds is 15. The number of anilines is 2. The normalized spacial score (nSPS) is 16.2. The number of halogens is 4. The Morgan fingerprint density at radius 1 is 0.895 bits per heavy atom. The summed E-state index contributed by atoms with van der Waals surface area (Å²) < 4.78 is 71.9. The van der Waals surface area contributed by atoms with Crippen LogP contribution in [0.3, 0.4) is 0 Å². The number of sulfonamides is 1. The molecule has 1 aliphatic carbocycles. The Balaban J connectivity index is 1.07. The Morgan fingerprint density at radius 2 is 1.58 bits per heavy atom. The maximum atomic E-state index is 14.4. The van der Waals surface area contributed by atoms with Crippen molar-refractivity contribution >= 4 is 56.2 Å². The van der Waals surface area contributed by atoms with Crippen LogP contribution in [0, 0.1) is 0 Å². The van der Waals surface area contributed by atoms with Gasteiger partial charge in [0.05, 0.1) is 10.5 Å². The van der Waals surface area contributed by atoms with E-state index in [1.165, 1.54) is 53.4 Å². The average Bonchev–Trinajstić information content (AvgIpc) is 3.19. The van der Waals surface area contributed by atoms with Gasteiger partial charge in [0, 0.05) is 71.4 Å². The SMILES string of the molecule is CN(C)CC[C@H](CSc1ccccc1)Nc1ccc(S(=O)(=O)NC(=O)c2ccc(N3CCN(CC4=C(c5ccc(Cl)cc5)CCCC4)CC3)cc2)cc1C(F)(F)F. The predicted molar refractivity (Wildman–Crippen MR) is 226 cm³/mol. The van der Waals surface area contributed by atoms with Crippen LogP contribution in [-0.4, -0.2) is 89.3 Å². The van der Waals surface area contributed by atoms with E-state index < -0.39 is 32.6 Å². The summed E-state index contributed by atoms with van der Waals surface area (Å²) in [5, 5.41) is 3.76. The van der Waals surface area contributed by atoms with E-state index in [4.69, 9.17) is 11.6 Å². The zero-order valence-electron chi connectivity index (χ0n) is 32.2. The molecule has 4 aromatic carbocycles. The summed E-state index contributed by atoms with van der Waals surface area (Å²) >= 11 is 7.66. The molecule has 4 aromatic rings. The van der Waals surface area contributed by atoms with Gasteiger partial charge in [-0.1, -0.05) is 47.5 Å². The molecule has 304 valence electrons. The van der Waals surface area contributed by atoms with Gasteiger partial charge in [-0.25, -0.2) is 13.1 Å². The molecule has 1 fully saturated rings. The van der Waals surface area contributed by atoms with Crippen molar-refractivity contribution in [1.29, 1.82) is 0 Å². The minimum absolute atomic E-state index is 0.0777. The van der Waals surface area contributed by atoms with Crippen LogP contribution in [0.25, 0.3) is 5.57 Å². The van der Waals surface area contributed by atoms with Crippen LogP contribution in [0.1, 0.15) is 53.6 Å². The molecule has 1 atom stereocenters. The van der Waals surface area contributed by atoms with Gasteiger partial charge >= 0.3 is 6.18 Å². The number of alkyl halides is 3. The maximum absolute atomic E-state index is 14.4. The summed E-state index contributed by atoms with van der Waals surface area (Å²) in [4.78, 5) is 20.1. The molecule has 57 heavy (non-hydrogen) atoms. The molecule has 1 saturated heterocycles. The van der Waals surface area contributed by atoms with E-state index >= 15 is 0 Å². The number of allylic oxidation sites excluding steroid dienone is 1. The third-order valence-corrected chi connectivity index (χ3v) is 13.1. The molecule has 1 amide bonds. The van der Waals surface area contributed by atoms with Gasteiger partial charge in [-0.15, -0.1) is 11.8 Å². The Morgan fingerprint density at radius 3 is 2.25 bits per heavy atom. The number of nitrogens with one attached hydrogen (secondary N) is 2. The molecule has 0 saturated carbocycles. The number of benzene rings is 4. The highest BCUT2D eigenvalue weighted by Gasteiger charge is 2.36. The van der Waals surface area contributed by atoms with Gasteiger partial charge in [-0.3, -0.25) is 9.69 Å². The number of thioether (sulfide) groups is 1. The topological polar surface area (TPSA) is 85.0 Å². The van der Waals surface area contributed by atoms with Crippen molar-refractivity contribution in [3.05, 3.63) is 124 Å². The van der Waals surface area contributed by atoms with Crippen LogP contribution in [-0.2, 0) is 16.2 Å². The van der Waals surface area contributed by atoms with E-state index in [2.05, 4.69) is 27.2 Å². The minimum Gasteiger partial charge on any atom is -0.381 e. The zero-order valence-corrected chi connectivity index (χ0v) is 34.6. The lowest BCUT2D eigenvalue weighted by atomic mass is 9.87. The molecule has 2 aliphatic rings. The molecular formula is C43H49ClF3N5O3S2. The number of hydrogen-bond donors (Lipinski definition) is 2. The van der Waals surface area contributed by atoms with Gasteiger partial charge in [0.15, 0.2) is 0 Å². The molecule has 8 nitrogen and oxygen atoms in total. The average molecular weight is 840 g/mol. The first kappa shape index (κ1) is 42.6. The van der Waals surface area contributed by atoms with E-state index in [9.17, 15) is 26.4 Å². The van der Waals surface area contributed by atoms with Gasteiger partial charge in [0.1, 0.15) is 0 Å². The fraction of sp³-hybridized carbons (Fsp3) is 0.372. The second-order valence-corrected chi connectivity index (χ2v) is 18.0. The number of carbonyl (C=O) groups excluding carboxylic acids is 1. The summed E-state index contributed by atoms with van der Waals surface area (Å²) in [5.41, 5.74) is 3.79. The van der Waals surface area contributed by atoms with Crippen LogP contribution < -0.4 is 14.9 Å². The lowest BCUT2D eigenvalue weighted by Gasteiger charge is -2.37. The molecular weight excluding hydrogens is 791 g/mol. The molecule has 0 unspecified atom stereocenters. The van der Waals surface area contributed by atoms with E-state index in [1.54, 1.807) is 12.1 Å². The van der Waals surface area contributed by atoms with E-state index in [-0.39, 0.29) is 17.3 Å². The molecule has 0 bridgehead atoms. The standard InChI is InChI=1S/C43H49ClF3N5O3S2/c1-50(2)23-22-35(30-56-37-9-4-3-5-10-37)48-41-21-20-38(28-40(41)43(45,46)47)57(54,55)49-42(53)32-14-18-36(19-15-32)52-26-24-51(25-27-52)29-33-8-6-7-11-39(33)31-12-16-34(44)17-13-31/h3-5,9-10,12-21,28,35,48H,6-8,11,22-27,29-30H2,1-2H3,(H,49,53)/t35-/m1/s1. The number of piperazine rings is 1. The maximum Gasteiger partial charge on any atom is 0.418 e. The lowest BCUT2D eigenvalue weighted by Crippen LogP contribution is -2.47. The van der Waals surface area contributed by atoms with E-state index in [0.29, 0.717) is 24.8 Å². The Bertz CT molecular complexity index is 2110. The van der Waals surface area contributed by atoms with Gasteiger partial charge in [-0.05, 0) is 131 Å².